The molecule has 1 aromatic heterocycles. The number of nitrogens with one attached hydrogen (secondary N) is 1. The number of nitrogens with zero attached hydrogens (tertiary/aromatic N) is 3. The summed E-state index contributed by atoms with van der Waals surface area (Å²) in [6.07, 6.45) is 4.09. The second-order valence-corrected chi connectivity index (χ2v) is 8.95. The summed E-state index contributed by atoms with van der Waals surface area (Å²) in [5.74, 6) is 1.50. The van der Waals surface area contributed by atoms with Gasteiger partial charge in [-0.05, 0) is 49.7 Å². The lowest BCUT2D eigenvalue weighted by molar-refractivity contribution is -0.121. The average molecular weight is 380 g/mol. The van der Waals surface area contributed by atoms with Crippen molar-refractivity contribution < 1.29 is 9.21 Å². The summed E-state index contributed by atoms with van der Waals surface area (Å²) >= 11 is 0. The Bertz CT molecular complexity index is 913. The first-order valence-corrected chi connectivity index (χ1v) is 10.0. The van der Waals surface area contributed by atoms with E-state index in [4.69, 9.17) is 4.42 Å². The number of aromatic nitrogens is 2. The number of carbonyl (C=O) groups is 1. The normalized spacial score (nSPS) is 26.7. The van der Waals surface area contributed by atoms with E-state index < -0.39 is 0 Å². The molecule has 4 rings (SSSR count). The van der Waals surface area contributed by atoms with Gasteiger partial charge in [-0.2, -0.15) is 5.10 Å². The first-order valence-electron chi connectivity index (χ1n) is 10.0. The molecule has 0 radical (unpaired) electrons. The maximum atomic E-state index is 12.3. The van der Waals surface area contributed by atoms with E-state index >= 15 is 0 Å². The number of carbonyl (C=O) groups excluding carboxylic acids is 1. The Labute approximate surface area is 165 Å². The van der Waals surface area contributed by atoms with Gasteiger partial charge in [0, 0.05) is 29.5 Å². The molecule has 2 atom stereocenters. The fourth-order valence-corrected chi connectivity index (χ4v) is 4.67. The van der Waals surface area contributed by atoms with E-state index in [-0.39, 0.29) is 23.2 Å². The molecule has 0 unspecified atom stereocenters. The molecule has 2 aromatic rings. The molecule has 2 aliphatic rings. The van der Waals surface area contributed by atoms with Crippen LogP contribution in [0.3, 0.4) is 0 Å². The molecule has 2 aliphatic carbocycles. The van der Waals surface area contributed by atoms with Crippen LogP contribution in [0.1, 0.15) is 57.9 Å². The predicted molar refractivity (Wildman–Crippen MR) is 108 cm³/mol. The number of fused-ring (bicyclic) bond motifs is 2. The standard InChI is InChI=1S/C22H28N4O2/c1-14-5-7-15(8-6-14)20-26-25-19(28-20)10-9-18(27)24-23-17-13-16-11-12-22(17,4)21(16,2)3/h5-8,16H,9-13H2,1-4H3,(H,24,27)/b23-17-/t16-,22+/m1/s1. The molecule has 0 spiro atoms. The number of rotatable bonds is 5. The highest BCUT2D eigenvalue weighted by atomic mass is 16.4. The summed E-state index contributed by atoms with van der Waals surface area (Å²) < 4.78 is 5.68. The molecule has 0 saturated heterocycles. The van der Waals surface area contributed by atoms with Crippen molar-refractivity contribution >= 4 is 11.6 Å². The molecule has 6 nitrogen and oxygen atoms in total. The molecule has 1 N–H and O–H groups in total. The van der Waals surface area contributed by atoms with Crippen molar-refractivity contribution in [1.29, 1.82) is 0 Å². The molecule has 2 saturated carbocycles. The fourth-order valence-electron chi connectivity index (χ4n) is 4.67. The third kappa shape index (κ3) is 3.15. The minimum atomic E-state index is -0.119. The van der Waals surface area contributed by atoms with Gasteiger partial charge in [0.2, 0.25) is 17.7 Å². The molecule has 148 valence electrons. The Morgan fingerprint density at radius 3 is 2.64 bits per heavy atom. The van der Waals surface area contributed by atoms with Gasteiger partial charge in [0.1, 0.15) is 0 Å². The second-order valence-electron chi connectivity index (χ2n) is 8.95. The molecule has 28 heavy (non-hydrogen) atoms. The highest BCUT2D eigenvalue weighted by Gasteiger charge is 2.59. The van der Waals surface area contributed by atoms with Gasteiger partial charge in [-0.25, -0.2) is 5.43 Å². The zero-order valence-electron chi connectivity index (χ0n) is 17.1. The Balaban J connectivity index is 1.33. The largest absolute Gasteiger partial charge is 0.421 e. The van der Waals surface area contributed by atoms with Crippen LogP contribution < -0.4 is 5.43 Å². The predicted octanol–water partition coefficient (Wildman–Crippen LogP) is 4.30. The summed E-state index contributed by atoms with van der Waals surface area (Å²) in [6.45, 7) is 8.98. The zero-order chi connectivity index (χ0) is 19.9. The van der Waals surface area contributed by atoms with Gasteiger partial charge in [0.15, 0.2) is 0 Å². The lowest BCUT2D eigenvalue weighted by Gasteiger charge is -2.34. The Kier molecular flexibility index (Phi) is 4.60. The first-order chi connectivity index (χ1) is 13.3. The van der Waals surface area contributed by atoms with Crippen molar-refractivity contribution in [1.82, 2.24) is 15.6 Å². The molecule has 6 heteroatoms. The van der Waals surface area contributed by atoms with Crippen molar-refractivity contribution in [3.05, 3.63) is 35.7 Å². The summed E-state index contributed by atoms with van der Waals surface area (Å²) in [5.41, 5.74) is 6.30. The molecule has 2 fully saturated rings. The Hall–Kier alpha value is -2.50. The van der Waals surface area contributed by atoms with Gasteiger partial charge in [0.05, 0.1) is 0 Å². The van der Waals surface area contributed by atoms with E-state index in [0.29, 0.717) is 24.1 Å². The van der Waals surface area contributed by atoms with Crippen molar-refractivity contribution in [2.75, 3.05) is 0 Å². The van der Waals surface area contributed by atoms with E-state index in [2.05, 4.69) is 41.5 Å². The number of hydrogen-bond donors (Lipinski definition) is 1. The maximum absolute atomic E-state index is 12.3. The van der Waals surface area contributed by atoms with Gasteiger partial charge >= 0.3 is 0 Å². The molecule has 0 aliphatic heterocycles. The third-order valence-corrected chi connectivity index (χ3v) is 7.16. The highest BCUT2D eigenvalue weighted by molar-refractivity contribution is 5.95. The number of aryl methyl sites for hydroxylation is 2. The van der Waals surface area contributed by atoms with Crippen LogP contribution >= 0.6 is 0 Å². The van der Waals surface area contributed by atoms with E-state index in [0.717, 1.165) is 24.1 Å². The second kappa shape index (κ2) is 6.83. The number of amides is 1. The van der Waals surface area contributed by atoms with Crippen LogP contribution in [-0.2, 0) is 11.2 Å². The van der Waals surface area contributed by atoms with E-state index in [1.165, 1.54) is 12.0 Å². The van der Waals surface area contributed by atoms with Crippen LogP contribution in [0.5, 0.6) is 0 Å². The molecule has 1 aromatic carbocycles. The van der Waals surface area contributed by atoms with Crippen molar-refractivity contribution in [2.45, 2.75) is 59.8 Å². The summed E-state index contributed by atoms with van der Waals surface area (Å²) in [6, 6.07) is 7.91. The number of hydrazone groups is 1. The molecule has 1 amide bonds. The third-order valence-electron chi connectivity index (χ3n) is 7.16. The zero-order valence-corrected chi connectivity index (χ0v) is 17.1. The van der Waals surface area contributed by atoms with Gasteiger partial charge in [-0.1, -0.05) is 38.5 Å². The van der Waals surface area contributed by atoms with Crippen molar-refractivity contribution in [2.24, 2.45) is 21.8 Å². The van der Waals surface area contributed by atoms with Gasteiger partial charge in [-0.3, -0.25) is 4.79 Å². The minimum absolute atomic E-state index is 0.0976. The molecular formula is C22H28N4O2. The van der Waals surface area contributed by atoms with Gasteiger partial charge in [-0.15, -0.1) is 10.2 Å². The fraction of sp³-hybridized carbons (Fsp3) is 0.545. The monoisotopic (exact) mass is 380 g/mol. The SMILES string of the molecule is Cc1ccc(-c2nnc(CCC(=O)N/N=C3/C[C@H]4CC[C@]3(C)C4(C)C)o2)cc1. The lowest BCUT2D eigenvalue weighted by atomic mass is 9.70. The van der Waals surface area contributed by atoms with Crippen LogP contribution in [0.15, 0.2) is 33.8 Å². The average Bonchev–Trinajstić information content (AvgIpc) is 3.28. The van der Waals surface area contributed by atoms with Crippen molar-refractivity contribution in [3.63, 3.8) is 0 Å². The number of hydrogen-bond acceptors (Lipinski definition) is 5. The lowest BCUT2D eigenvalue weighted by Crippen LogP contribution is -2.34. The molecular weight excluding hydrogens is 352 g/mol. The smallest absolute Gasteiger partial charge is 0.247 e. The summed E-state index contributed by atoms with van der Waals surface area (Å²) in [4.78, 5) is 12.3. The van der Waals surface area contributed by atoms with E-state index in [9.17, 15) is 4.79 Å². The molecule has 2 bridgehead atoms. The van der Waals surface area contributed by atoms with Crippen molar-refractivity contribution in [3.8, 4) is 11.5 Å². The highest BCUT2D eigenvalue weighted by Crippen LogP contribution is 2.63. The van der Waals surface area contributed by atoms with Gasteiger partial charge < -0.3 is 4.42 Å². The van der Waals surface area contributed by atoms with Crippen LogP contribution in [0.2, 0.25) is 0 Å². The minimum Gasteiger partial charge on any atom is -0.421 e. The van der Waals surface area contributed by atoms with E-state index in [1.807, 2.05) is 31.2 Å². The summed E-state index contributed by atoms with van der Waals surface area (Å²) in [5, 5.41) is 12.6. The molecule has 1 heterocycles. The number of benzene rings is 1. The first kappa shape index (κ1) is 18.8. The quantitative estimate of drug-likeness (QED) is 0.785. The van der Waals surface area contributed by atoms with E-state index in [1.54, 1.807) is 0 Å². The van der Waals surface area contributed by atoms with Gasteiger partial charge in [0.25, 0.3) is 0 Å². The topological polar surface area (TPSA) is 80.4 Å². The summed E-state index contributed by atoms with van der Waals surface area (Å²) in [7, 11) is 0. The Morgan fingerprint density at radius 1 is 1.25 bits per heavy atom. The van der Waals surface area contributed by atoms with Crippen LogP contribution in [0, 0.1) is 23.7 Å². The van der Waals surface area contributed by atoms with Crippen LogP contribution in [-0.4, -0.2) is 21.8 Å². The van der Waals surface area contributed by atoms with Crippen LogP contribution in [0.4, 0.5) is 0 Å². The van der Waals surface area contributed by atoms with Crippen LogP contribution in [0.25, 0.3) is 11.5 Å². The Morgan fingerprint density at radius 2 is 2.00 bits per heavy atom. The maximum Gasteiger partial charge on any atom is 0.247 e.